The molecule has 0 heterocycles. The van der Waals surface area contributed by atoms with Crippen LogP contribution in [-0.4, -0.2) is 11.9 Å². The zero-order valence-electron chi connectivity index (χ0n) is 18.8. The minimum absolute atomic E-state index is 0.0319. The van der Waals surface area contributed by atoms with Crippen molar-refractivity contribution in [3.05, 3.63) is 95.9 Å². The average molecular weight is 466 g/mol. The third-order valence-electron chi connectivity index (χ3n) is 4.93. The Bertz CT molecular complexity index is 1340. The first-order valence-corrected chi connectivity index (χ1v) is 10.1. The summed E-state index contributed by atoms with van der Waals surface area (Å²) in [7, 11) is 0. The van der Waals surface area contributed by atoms with E-state index in [2.05, 4.69) is 13.2 Å². The maximum Gasteiger partial charge on any atom is 0.338 e. The molecular formula is C27H21F3O4. The highest BCUT2D eigenvalue weighted by Crippen LogP contribution is 2.34. The second kappa shape index (κ2) is 9.79. The van der Waals surface area contributed by atoms with E-state index in [1.807, 2.05) is 0 Å². The molecule has 0 aliphatic carbocycles. The lowest BCUT2D eigenvalue weighted by Crippen LogP contribution is -2.10. The number of halogens is 3. The summed E-state index contributed by atoms with van der Waals surface area (Å²) in [5.74, 6) is -5.56. The van der Waals surface area contributed by atoms with Crippen molar-refractivity contribution in [2.24, 2.45) is 0 Å². The molecule has 0 radical (unpaired) electrons. The third-order valence-corrected chi connectivity index (χ3v) is 4.93. The molecule has 3 rings (SSSR count). The maximum atomic E-state index is 14.7. The Balaban J connectivity index is 1.91. The number of hydrogen-bond acceptors (Lipinski definition) is 4. The first kappa shape index (κ1) is 24.5. The lowest BCUT2D eigenvalue weighted by molar-refractivity contribution is -0.131. The quantitative estimate of drug-likeness (QED) is 0.230. The highest BCUT2D eigenvalue weighted by atomic mass is 19.2. The fourth-order valence-electron chi connectivity index (χ4n) is 3.11. The molecule has 174 valence electrons. The van der Waals surface area contributed by atoms with Gasteiger partial charge in [-0.1, -0.05) is 37.4 Å². The lowest BCUT2D eigenvalue weighted by atomic mass is 9.95. The monoisotopic (exact) mass is 466 g/mol. The molecule has 0 saturated heterocycles. The van der Waals surface area contributed by atoms with Gasteiger partial charge in [-0.15, -0.1) is 0 Å². The summed E-state index contributed by atoms with van der Waals surface area (Å²) in [5, 5.41) is 0. The number of esters is 2. The number of hydrogen-bond donors (Lipinski definition) is 0. The van der Waals surface area contributed by atoms with Gasteiger partial charge in [0, 0.05) is 16.7 Å². The van der Waals surface area contributed by atoms with Gasteiger partial charge in [0.05, 0.1) is 0 Å². The van der Waals surface area contributed by atoms with Gasteiger partial charge >= 0.3 is 11.9 Å². The van der Waals surface area contributed by atoms with Crippen molar-refractivity contribution in [2.75, 3.05) is 0 Å². The molecule has 0 fully saturated rings. The summed E-state index contributed by atoms with van der Waals surface area (Å²) in [6, 6.07) is 11.4. The van der Waals surface area contributed by atoms with Gasteiger partial charge in [0.2, 0.25) is 5.82 Å². The Labute approximate surface area is 194 Å². The molecular weight excluding hydrogens is 445 g/mol. The summed E-state index contributed by atoms with van der Waals surface area (Å²) in [6.07, 6.45) is 0. The predicted octanol–water partition coefficient (Wildman–Crippen LogP) is 6.71. The van der Waals surface area contributed by atoms with E-state index in [9.17, 15) is 22.8 Å². The molecule has 0 N–H and O–H groups in total. The van der Waals surface area contributed by atoms with Crippen LogP contribution in [0, 0.1) is 24.4 Å². The Morgan fingerprint density at radius 2 is 1.21 bits per heavy atom. The van der Waals surface area contributed by atoms with E-state index < -0.39 is 35.1 Å². The molecule has 3 aromatic carbocycles. The summed E-state index contributed by atoms with van der Waals surface area (Å²) in [4.78, 5) is 23.2. The van der Waals surface area contributed by atoms with E-state index in [1.54, 1.807) is 31.2 Å². The van der Waals surface area contributed by atoms with Gasteiger partial charge in [0.1, 0.15) is 0 Å². The van der Waals surface area contributed by atoms with Crippen molar-refractivity contribution in [3.8, 4) is 33.8 Å². The summed E-state index contributed by atoms with van der Waals surface area (Å²) < 4.78 is 53.4. The van der Waals surface area contributed by atoms with E-state index in [-0.39, 0.29) is 22.5 Å². The van der Waals surface area contributed by atoms with Gasteiger partial charge in [0.25, 0.3) is 0 Å². The minimum atomic E-state index is -1.30. The number of ether oxygens (including phenoxy) is 2. The summed E-state index contributed by atoms with van der Waals surface area (Å²) in [5.41, 5.74) is 2.35. The molecule has 7 heteroatoms. The molecule has 0 unspecified atom stereocenters. The number of benzene rings is 3. The summed E-state index contributed by atoms with van der Waals surface area (Å²) in [6.45, 7) is 11.4. The van der Waals surface area contributed by atoms with E-state index in [4.69, 9.17) is 9.47 Å². The standard InChI is InChI=1S/C27H21F3O4/c1-14(2)26(31)33-22-10-7-18(13-21(22)28)19-8-6-17(12-16(19)5)20-9-11-23(25(30)24(20)29)34-27(32)15(3)4/h6-13H,1,3H2,2,4-5H3. The van der Waals surface area contributed by atoms with Crippen LogP contribution < -0.4 is 9.47 Å². The third kappa shape index (κ3) is 5.09. The summed E-state index contributed by atoms with van der Waals surface area (Å²) >= 11 is 0. The fraction of sp³-hybridized carbons (Fsp3) is 0.111. The highest BCUT2D eigenvalue weighted by Gasteiger charge is 2.19. The van der Waals surface area contributed by atoms with Crippen molar-refractivity contribution < 1.29 is 32.2 Å². The SMILES string of the molecule is C=C(C)C(=O)Oc1ccc(-c2ccc(-c3ccc(OC(=O)C(=C)C)c(F)c3F)cc2C)cc1F. The number of carbonyl (C=O) groups excluding carboxylic acids is 2. The minimum Gasteiger partial charge on any atom is -0.420 e. The Morgan fingerprint density at radius 3 is 1.76 bits per heavy atom. The van der Waals surface area contributed by atoms with Gasteiger partial charge in [-0.2, -0.15) is 4.39 Å². The van der Waals surface area contributed by atoms with Crippen molar-refractivity contribution >= 4 is 11.9 Å². The first-order valence-electron chi connectivity index (χ1n) is 10.1. The fourth-order valence-corrected chi connectivity index (χ4v) is 3.11. The number of rotatable bonds is 6. The van der Waals surface area contributed by atoms with Crippen LogP contribution in [0.5, 0.6) is 11.5 Å². The smallest absolute Gasteiger partial charge is 0.338 e. The second-order valence-electron chi connectivity index (χ2n) is 7.75. The van der Waals surface area contributed by atoms with Gasteiger partial charge in [-0.3, -0.25) is 0 Å². The van der Waals surface area contributed by atoms with Gasteiger partial charge < -0.3 is 9.47 Å². The average Bonchev–Trinajstić information content (AvgIpc) is 2.78. The van der Waals surface area contributed by atoms with E-state index in [1.165, 1.54) is 32.0 Å². The van der Waals surface area contributed by atoms with Crippen LogP contribution in [0.1, 0.15) is 19.4 Å². The van der Waals surface area contributed by atoms with Crippen LogP contribution in [0.15, 0.2) is 72.8 Å². The van der Waals surface area contributed by atoms with Gasteiger partial charge in [0.15, 0.2) is 23.1 Å². The normalized spacial score (nSPS) is 10.5. The molecule has 0 aliphatic heterocycles. The van der Waals surface area contributed by atoms with Crippen molar-refractivity contribution in [1.82, 2.24) is 0 Å². The zero-order chi connectivity index (χ0) is 25.2. The van der Waals surface area contributed by atoms with E-state index in [0.29, 0.717) is 22.3 Å². The second-order valence-corrected chi connectivity index (χ2v) is 7.75. The highest BCUT2D eigenvalue weighted by molar-refractivity contribution is 5.89. The predicted molar refractivity (Wildman–Crippen MR) is 123 cm³/mol. The van der Waals surface area contributed by atoms with Crippen LogP contribution in [0.3, 0.4) is 0 Å². The molecule has 4 nitrogen and oxygen atoms in total. The number of carbonyl (C=O) groups is 2. The number of aryl methyl sites for hydroxylation is 1. The van der Waals surface area contributed by atoms with E-state index >= 15 is 0 Å². The molecule has 0 bridgehead atoms. The van der Waals surface area contributed by atoms with Crippen molar-refractivity contribution in [2.45, 2.75) is 20.8 Å². The van der Waals surface area contributed by atoms with Crippen LogP contribution in [0.4, 0.5) is 13.2 Å². The van der Waals surface area contributed by atoms with Gasteiger partial charge in [-0.25, -0.2) is 18.4 Å². The molecule has 0 amide bonds. The largest absolute Gasteiger partial charge is 0.420 e. The molecule has 0 aromatic heterocycles. The molecule has 0 aliphatic rings. The Kier molecular flexibility index (Phi) is 7.05. The molecule has 34 heavy (non-hydrogen) atoms. The maximum absolute atomic E-state index is 14.7. The van der Waals surface area contributed by atoms with Crippen molar-refractivity contribution in [3.63, 3.8) is 0 Å². The zero-order valence-corrected chi connectivity index (χ0v) is 18.8. The Morgan fingerprint density at radius 1 is 0.706 bits per heavy atom. The van der Waals surface area contributed by atoms with Crippen LogP contribution in [0.25, 0.3) is 22.3 Å². The van der Waals surface area contributed by atoms with Crippen LogP contribution in [0.2, 0.25) is 0 Å². The van der Waals surface area contributed by atoms with Crippen LogP contribution in [-0.2, 0) is 9.59 Å². The molecule has 0 atom stereocenters. The molecule has 0 saturated carbocycles. The van der Waals surface area contributed by atoms with E-state index in [0.717, 1.165) is 6.07 Å². The molecule has 0 spiro atoms. The lowest BCUT2D eigenvalue weighted by Gasteiger charge is -2.13. The van der Waals surface area contributed by atoms with Gasteiger partial charge in [-0.05, 0) is 67.3 Å². The first-order chi connectivity index (χ1) is 16.0. The molecule has 3 aromatic rings. The topological polar surface area (TPSA) is 52.6 Å². The van der Waals surface area contributed by atoms with Crippen molar-refractivity contribution in [1.29, 1.82) is 0 Å². The Hall–Kier alpha value is -4.13. The van der Waals surface area contributed by atoms with Crippen LogP contribution >= 0.6 is 0 Å².